The Bertz CT molecular complexity index is 351. The minimum absolute atomic E-state index is 0.156. The SMILES string of the molecule is C=CN=C/C=C(\C=C\C(=O)OCC)C(C)=O. The Labute approximate surface area is 95.0 Å². The van der Waals surface area contributed by atoms with Gasteiger partial charge in [-0.25, -0.2) is 4.79 Å². The third-order valence-electron chi connectivity index (χ3n) is 1.54. The van der Waals surface area contributed by atoms with Gasteiger partial charge >= 0.3 is 5.97 Å². The number of carbonyl (C=O) groups excluding carboxylic acids is 2. The Morgan fingerprint density at radius 3 is 2.56 bits per heavy atom. The van der Waals surface area contributed by atoms with E-state index in [-0.39, 0.29) is 5.78 Å². The summed E-state index contributed by atoms with van der Waals surface area (Å²) in [6, 6.07) is 0. The molecule has 0 saturated carbocycles. The molecule has 0 fully saturated rings. The normalized spacial score (nSPS) is 12.0. The molecule has 0 aromatic heterocycles. The van der Waals surface area contributed by atoms with Crippen molar-refractivity contribution in [1.82, 2.24) is 0 Å². The van der Waals surface area contributed by atoms with Crippen molar-refractivity contribution in [3.63, 3.8) is 0 Å². The fraction of sp³-hybridized carbons (Fsp3) is 0.250. The molecule has 0 saturated heterocycles. The topological polar surface area (TPSA) is 55.7 Å². The molecule has 4 heteroatoms. The highest BCUT2D eigenvalue weighted by atomic mass is 16.5. The van der Waals surface area contributed by atoms with Crippen LogP contribution < -0.4 is 0 Å². The molecular weight excluding hydrogens is 206 g/mol. The number of hydrogen-bond acceptors (Lipinski definition) is 4. The number of rotatable bonds is 6. The second-order valence-corrected chi connectivity index (χ2v) is 2.74. The lowest BCUT2D eigenvalue weighted by Crippen LogP contribution is -2.00. The van der Waals surface area contributed by atoms with E-state index in [2.05, 4.69) is 16.3 Å². The summed E-state index contributed by atoms with van der Waals surface area (Å²) in [6.45, 7) is 6.82. The second kappa shape index (κ2) is 8.35. The molecular formula is C12H15NO3. The zero-order valence-corrected chi connectivity index (χ0v) is 9.47. The number of Topliss-reactive ketones (excluding diaryl/α,β-unsaturated/α-hetero) is 1. The van der Waals surface area contributed by atoms with Crippen molar-refractivity contribution in [3.05, 3.63) is 36.6 Å². The number of aliphatic imine (C=N–C) groups is 1. The molecule has 0 unspecified atom stereocenters. The zero-order valence-electron chi connectivity index (χ0n) is 9.47. The molecule has 0 aromatic carbocycles. The number of ether oxygens (including phenoxy) is 1. The number of hydrogen-bond donors (Lipinski definition) is 0. The minimum Gasteiger partial charge on any atom is -0.463 e. The number of nitrogens with zero attached hydrogens (tertiary/aromatic N) is 1. The Kier molecular flexibility index (Phi) is 7.32. The van der Waals surface area contributed by atoms with Crippen molar-refractivity contribution in [2.45, 2.75) is 13.8 Å². The van der Waals surface area contributed by atoms with Crippen LogP contribution in [0.3, 0.4) is 0 Å². The second-order valence-electron chi connectivity index (χ2n) is 2.74. The van der Waals surface area contributed by atoms with Crippen LogP contribution in [-0.2, 0) is 14.3 Å². The summed E-state index contributed by atoms with van der Waals surface area (Å²) in [5.74, 6) is -0.633. The number of carbonyl (C=O) groups is 2. The van der Waals surface area contributed by atoms with Gasteiger partial charge in [-0.15, -0.1) is 0 Å². The van der Waals surface area contributed by atoms with E-state index in [4.69, 9.17) is 0 Å². The van der Waals surface area contributed by atoms with Crippen molar-refractivity contribution in [2.75, 3.05) is 6.61 Å². The average Bonchev–Trinajstić information content (AvgIpc) is 2.23. The fourth-order valence-electron chi connectivity index (χ4n) is 0.823. The molecule has 0 aliphatic rings. The average molecular weight is 221 g/mol. The smallest absolute Gasteiger partial charge is 0.330 e. The van der Waals surface area contributed by atoms with Crippen LogP contribution in [-0.4, -0.2) is 24.6 Å². The highest BCUT2D eigenvalue weighted by Gasteiger charge is 2.00. The summed E-state index contributed by atoms with van der Waals surface area (Å²) in [6.07, 6.45) is 6.89. The van der Waals surface area contributed by atoms with Crippen LogP contribution in [0.4, 0.5) is 0 Å². The first-order chi connectivity index (χ1) is 7.61. The van der Waals surface area contributed by atoms with Gasteiger partial charge in [0.25, 0.3) is 0 Å². The lowest BCUT2D eigenvalue weighted by Gasteiger charge is -1.96. The van der Waals surface area contributed by atoms with Crippen LogP contribution in [0.25, 0.3) is 0 Å². The summed E-state index contributed by atoms with van der Waals surface area (Å²) in [5, 5.41) is 0. The summed E-state index contributed by atoms with van der Waals surface area (Å²) < 4.78 is 4.68. The standard InChI is InChI=1S/C12H15NO3/c1-4-13-9-8-11(10(3)14)6-7-12(15)16-5-2/h4,6-9H,1,5H2,2-3H3/b7-6+,11-8+,13-9?. The molecule has 4 nitrogen and oxygen atoms in total. The molecule has 0 aromatic rings. The highest BCUT2D eigenvalue weighted by molar-refractivity contribution is 6.01. The van der Waals surface area contributed by atoms with E-state index >= 15 is 0 Å². The lowest BCUT2D eigenvalue weighted by atomic mass is 10.1. The van der Waals surface area contributed by atoms with Crippen LogP contribution >= 0.6 is 0 Å². The Hall–Kier alpha value is -1.97. The van der Waals surface area contributed by atoms with Crippen molar-refractivity contribution < 1.29 is 14.3 Å². The molecule has 0 spiro atoms. The summed E-state index contributed by atoms with van der Waals surface area (Å²) in [5.41, 5.74) is 0.374. The van der Waals surface area contributed by atoms with Crippen molar-refractivity contribution >= 4 is 18.0 Å². The van der Waals surface area contributed by atoms with Gasteiger partial charge in [0.1, 0.15) is 0 Å². The number of allylic oxidation sites excluding steroid dienone is 3. The van der Waals surface area contributed by atoms with E-state index in [1.165, 1.54) is 37.6 Å². The first kappa shape index (κ1) is 14.0. The third kappa shape index (κ3) is 6.48. The molecule has 0 atom stereocenters. The predicted molar refractivity (Wildman–Crippen MR) is 63.2 cm³/mol. The molecule has 86 valence electrons. The highest BCUT2D eigenvalue weighted by Crippen LogP contribution is 1.98. The van der Waals surface area contributed by atoms with Gasteiger partial charge in [0, 0.05) is 24.1 Å². The first-order valence-corrected chi connectivity index (χ1v) is 4.82. The third-order valence-corrected chi connectivity index (χ3v) is 1.54. The number of ketones is 1. The fourth-order valence-corrected chi connectivity index (χ4v) is 0.823. The molecule has 0 amide bonds. The molecule has 0 N–H and O–H groups in total. The van der Waals surface area contributed by atoms with Gasteiger partial charge in [0.05, 0.1) is 6.61 Å². The maximum Gasteiger partial charge on any atom is 0.330 e. The minimum atomic E-state index is -0.477. The molecule has 0 rings (SSSR count). The Balaban J connectivity index is 4.63. The van der Waals surface area contributed by atoms with E-state index in [1.54, 1.807) is 6.92 Å². The van der Waals surface area contributed by atoms with Crippen LogP contribution in [0.5, 0.6) is 0 Å². The van der Waals surface area contributed by atoms with E-state index in [1.807, 2.05) is 0 Å². The number of esters is 1. The monoisotopic (exact) mass is 221 g/mol. The maximum absolute atomic E-state index is 11.1. The van der Waals surface area contributed by atoms with Crippen LogP contribution in [0.15, 0.2) is 41.6 Å². The Morgan fingerprint density at radius 2 is 2.06 bits per heavy atom. The van der Waals surface area contributed by atoms with Gasteiger partial charge in [0.15, 0.2) is 5.78 Å². The van der Waals surface area contributed by atoms with Crippen molar-refractivity contribution in [2.24, 2.45) is 4.99 Å². The maximum atomic E-state index is 11.1. The van der Waals surface area contributed by atoms with Crippen molar-refractivity contribution in [1.29, 1.82) is 0 Å². The molecule has 16 heavy (non-hydrogen) atoms. The van der Waals surface area contributed by atoms with Gasteiger partial charge < -0.3 is 4.74 Å². The van der Waals surface area contributed by atoms with E-state index in [0.717, 1.165) is 0 Å². The molecule has 0 aliphatic heterocycles. The summed E-state index contributed by atoms with van der Waals surface area (Å²) in [7, 11) is 0. The lowest BCUT2D eigenvalue weighted by molar-refractivity contribution is -0.137. The van der Waals surface area contributed by atoms with E-state index in [0.29, 0.717) is 12.2 Å². The van der Waals surface area contributed by atoms with Crippen LogP contribution in [0.1, 0.15) is 13.8 Å². The van der Waals surface area contributed by atoms with Gasteiger partial charge in [-0.2, -0.15) is 0 Å². The molecule has 0 bridgehead atoms. The van der Waals surface area contributed by atoms with Gasteiger partial charge in [-0.05, 0) is 26.0 Å². The Morgan fingerprint density at radius 1 is 1.38 bits per heavy atom. The van der Waals surface area contributed by atoms with Gasteiger partial charge in [0.2, 0.25) is 0 Å². The van der Waals surface area contributed by atoms with E-state index < -0.39 is 5.97 Å². The van der Waals surface area contributed by atoms with Gasteiger partial charge in [-0.3, -0.25) is 9.79 Å². The molecule has 0 heterocycles. The van der Waals surface area contributed by atoms with E-state index in [9.17, 15) is 9.59 Å². The zero-order chi connectivity index (χ0) is 12.4. The summed E-state index contributed by atoms with van der Waals surface area (Å²) >= 11 is 0. The molecule has 0 radical (unpaired) electrons. The molecule has 0 aliphatic carbocycles. The predicted octanol–water partition coefficient (Wildman–Crippen LogP) is 1.84. The largest absolute Gasteiger partial charge is 0.463 e. The van der Waals surface area contributed by atoms with Gasteiger partial charge in [-0.1, -0.05) is 6.58 Å². The van der Waals surface area contributed by atoms with Crippen LogP contribution in [0.2, 0.25) is 0 Å². The van der Waals surface area contributed by atoms with Crippen molar-refractivity contribution in [3.8, 4) is 0 Å². The first-order valence-electron chi connectivity index (χ1n) is 4.82. The van der Waals surface area contributed by atoms with Crippen LogP contribution in [0, 0.1) is 0 Å². The summed E-state index contributed by atoms with van der Waals surface area (Å²) in [4.78, 5) is 25.9. The quantitative estimate of drug-likeness (QED) is 0.297.